The van der Waals surface area contributed by atoms with Gasteiger partial charge < -0.3 is 24.8 Å². The summed E-state index contributed by atoms with van der Waals surface area (Å²) in [6, 6.07) is -0.807. The van der Waals surface area contributed by atoms with Crippen molar-refractivity contribution in [2.75, 3.05) is 25.2 Å². The number of thioether (sulfide) groups is 1. The lowest BCUT2D eigenvalue weighted by Crippen LogP contribution is -2.45. The highest BCUT2D eigenvalue weighted by atomic mass is 32.2. The molecule has 9 heteroatoms. The number of carbonyl (C=O) groups is 3. The van der Waals surface area contributed by atoms with Crippen LogP contribution in [-0.4, -0.2) is 60.6 Å². The van der Waals surface area contributed by atoms with Gasteiger partial charge in [0.05, 0.1) is 6.54 Å². The second-order valence-electron chi connectivity index (χ2n) is 7.58. The Morgan fingerprint density at radius 2 is 1.50 bits per heavy atom. The summed E-state index contributed by atoms with van der Waals surface area (Å²) in [7, 11) is 0. The summed E-state index contributed by atoms with van der Waals surface area (Å²) in [5, 5.41) is 5.02. The van der Waals surface area contributed by atoms with Crippen molar-refractivity contribution in [3.05, 3.63) is 0 Å². The highest BCUT2D eigenvalue weighted by Gasteiger charge is 2.25. The number of hydrogen-bond donors (Lipinski definition) is 2. The Morgan fingerprint density at radius 1 is 0.962 bits per heavy atom. The molecule has 0 spiro atoms. The van der Waals surface area contributed by atoms with E-state index in [1.54, 1.807) is 53.3 Å². The Labute approximate surface area is 160 Å². The lowest BCUT2D eigenvalue weighted by Gasteiger charge is -2.23. The SMILES string of the molecule is CSCC[C@H](NC(=O)OC(C)(C)C)C(=O)OCCNC(=O)OC(C)(C)C. The predicted molar refractivity (Wildman–Crippen MR) is 101 cm³/mol. The molecule has 0 fully saturated rings. The van der Waals surface area contributed by atoms with Crippen LogP contribution in [0.15, 0.2) is 0 Å². The molecule has 0 rings (SSSR count). The van der Waals surface area contributed by atoms with Gasteiger partial charge in [0.1, 0.15) is 23.9 Å². The Bertz CT molecular complexity index is 471. The van der Waals surface area contributed by atoms with Crippen LogP contribution in [-0.2, 0) is 19.0 Å². The molecule has 0 aliphatic carbocycles. The lowest BCUT2D eigenvalue weighted by molar-refractivity contribution is -0.146. The maximum Gasteiger partial charge on any atom is 0.408 e. The normalized spacial score (nSPS) is 12.7. The fourth-order valence-corrected chi connectivity index (χ4v) is 2.13. The van der Waals surface area contributed by atoms with Crippen LogP contribution in [0.5, 0.6) is 0 Å². The van der Waals surface area contributed by atoms with E-state index in [0.717, 1.165) is 0 Å². The number of esters is 1. The number of alkyl carbamates (subject to hydrolysis) is 2. The van der Waals surface area contributed by atoms with E-state index < -0.39 is 35.4 Å². The standard InChI is InChI=1S/C17H32N2O6S/c1-16(2,3)24-14(21)18-9-10-23-13(20)12(8-11-26-7)19-15(22)25-17(4,5)6/h12H,8-11H2,1-7H3,(H,18,21)(H,19,22)/t12-/m0/s1. The van der Waals surface area contributed by atoms with Crippen molar-refractivity contribution in [1.29, 1.82) is 0 Å². The van der Waals surface area contributed by atoms with Crippen LogP contribution < -0.4 is 10.6 Å². The summed E-state index contributed by atoms with van der Waals surface area (Å²) in [5.41, 5.74) is -1.25. The molecule has 0 radical (unpaired) electrons. The van der Waals surface area contributed by atoms with Crippen molar-refractivity contribution in [1.82, 2.24) is 10.6 Å². The van der Waals surface area contributed by atoms with Crippen LogP contribution in [0, 0.1) is 0 Å². The smallest absolute Gasteiger partial charge is 0.408 e. The quantitative estimate of drug-likeness (QED) is 0.372. The summed E-state index contributed by atoms with van der Waals surface area (Å²) >= 11 is 1.55. The summed E-state index contributed by atoms with van der Waals surface area (Å²) in [6.45, 7) is 10.6. The predicted octanol–water partition coefficient (Wildman–Crippen LogP) is 2.70. The molecule has 0 heterocycles. The van der Waals surface area contributed by atoms with Crippen molar-refractivity contribution < 1.29 is 28.6 Å². The van der Waals surface area contributed by atoms with Gasteiger partial charge in [0.25, 0.3) is 0 Å². The second kappa shape index (κ2) is 11.2. The first-order chi connectivity index (χ1) is 11.8. The number of nitrogens with one attached hydrogen (secondary N) is 2. The number of carbonyl (C=O) groups excluding carboxylic acids is 3. The maximum absolute atomic E-state index is 12.2. The summed E-state index contributed by atoms with van der Waals surface area (Å²) in [4.78, 5) is 35.6. The Hall–Kier alpha value is -1.64. The first-order valence-electron chi connectivity index (χ1n) is 8.46. The van der Waals surface area contributed by atoms with Gasteiger partial charge in [-0.3, -0.25) is 0 Å². The molecule has 2 N–H and O–H groups in total. The molecule has 0 aromatic carbocycles. The molecule has 0 aromatic rings. The van der Waals surface area contributed by atoms with Gasteiger partial charge in [-0.15, -0.1) is 0 Å². The van der Waals surface area contributed by atoms with Crippen LogP contribution in [0.4, 0.5) is 9.59 Å². The zero-order chi connectivity index (χ0) is 20.4. The van der Waals surface area contributed by atoms with E-state index >= 15 is 0 Å². The molecule has 8 nitrogen and oxygen atoms in total. The molecule has 0 saturated carbocycles. The maximum atomic E-state index is 12.2. The van der Waals surface area contributed by atoms with E-state index in [9.17, 15) is 14.4 Å². The van der Waals surface area contributed by atoms with Crippen molar-refractivity contribution in [3.63, 3.8) is 0 Å². The van der Waals surface area contributed by atoms with Gasteiger partial charge in [0.15, 0.2) is 0 Å². The van der Waals surface area contributed by atoms with Gasteiger partial charge in [0, 0.05) is 0 Å². The number of hydrogen-bond acceptors (Lipinski definition) is 7. The molecule has 0 aromatic heterocycles. The molecule has 0 bridgehead atoms. The molecule has 0 aliphatic heterocycles. The minimum Gasteiger partial charge on any atom is -0.462 e. The average molecular weight is 393 g/mol. The van der Waals surface area contributed by atoms with E-state index in [4.69, 9.17) is 14.2 Å². The summed E-state index contributed by atoms with van der Waals surface area (Å²) in [5.74, 6) is 0.0991. The van der Waals surface area contributed by atoms with Gasteiger partial charge in [-0.25, -0.2) is 14.4 Å². The van der Waals surface area contributed by atoms with Crippen LogP contribution in [0.3, 0.4) is 0 Å². The van der Waals surface area contributed by atoms with E-state index in [1.807, 2.05) is 6.26 Å². The van der Waals surface area contributed by atoms with E-state index in [1.165, 1.54) is 0 Å². The van der Waals surface area contributed by atoms with Crippen molar-refractivity contribution >= 4 is 29.9 Å². The third kappa shape index (κ3) is 13.6. The highest BCUT2D eigenvalue weighted by Crippen LogP contribution is 2.09. The van der Waals surface area contributed by atoms with Gasteiger partial charge in [-0.2, -0.15) is 11.8 Å². The summed E-state index contributed by atoms with van der Waals surface area (Å²) in [6.07, 6.45) is 1.06. The minimum absolute atomic E-state index is 0.0240. The van der Waals surface area contributed by atoms with E-state index in [0.29, 0.717) is 12.2 Å². The Kier molecular flexibility index (Phi) is 10.4. The highest BCUT2D eigenvalue weighted by molar-refractivity contribution is 7.98. The van der Waals surface area contributed by atoms with Crippen molar-refractivity contribution in [2.24, 2.45) is 0 Å². The molecule has 0 unspecified atom stereocenters. The Balaban J connectivity index is 4.38. The van der Waals surface area contributed by atoms with Gasteiger partial charge in [-0.05, 0) is 60.0 Å². The van der Waals surface area contributed by atoms with Gasteiger partial charge in [0.2, 0.25) is 0 Å². The summed E-state index contributed by atoms with van der Waals surface area (Å²) < 4.78 is 15.4. The molecule has 2 amide bonds. The monoisotopic (exact) mass is 392 g/mol. The van der Waals surface area contributed by atoms with Crippen molar-refractivity contribution in [2.45, 2.75) is 65.2 Å². The molecule has 152 valence electrons. The molecule has 0 aliphatic rings. The van der Waals surface area contributed by atoms with Gasteiger partial charge >= 0.3 is 18.2 Å². The van der Waals surface area contributed by atoms with Crippen LogP contribution in [0.1, 0.15) is 48.0 Å². The first kappa shape index (κ1) is 24.4. The topological polar surface area (TPSA) is 103 Å². The zero-order valence-electron chi connectivity index (χ0n) is 16.8. The average Bonchev–Trinajstić information content (AvgIpc) is 2.43. The van der Waals surface area contributed by atoms with Crippen LogP contribution in [0.2, 0.25) is 0 Å². The van der Waals surface area contributed by atoms with Gasteiger partial charge in [-0.1, -0.05) is 0 Å². The number of ether oxygens (including phenoxy) is 3. The third-order valence-corrected chi connectivity index (χ3v) is 3.24. The first-order valence-corrected chi connectivity index (χ1v) is 9.85. The number of rotatable bonds is 8. The van der Waals surface area contributed by atoms with Crippen molar-refractivity contribution in [3.8, 4) is 0 Å². The fourth-order valence-electron chi connectivity index (χ4n) is 1.65. The second-order valence-corrected chi connectivity index (χ2v) is 8.56. The van der Waals surface area contributed by atoms with Crippen LogP contribution >= 0.6 is 11.8 Å². The zero-order valence-corrected chi connectivity index (χ0v) is 17.6. The molecular weight excluding hydrogens is 360 g/mol. The number of amides is 2. The molecule has 1 atom stereocenters. The minimum atomic E-state index is -0.807. The fraction of sp³-hybridized carbons (Fsp3) is 0.824. The van der Waals surface area contributed by atoms with Crippen LogP contribution in [0.25, 0.3) is 0 Å². The molecule has 0 saturated heterocycles. The lowest BCUT2D eigenvalue weighted by atomic mass is 10.2. The molecular formula is C17H32N2O6S. The van der Waals surface area contributed by atoms with E-state index in [-0.39, 0.29) is 13.2 Å². The third-order valence-electron chi connectivity index (χ3n) is 2.60. The van der Waals surface area contributed by atoms with E-state index in [2.05, 4.69) is 10.6 Å². The molecule has 26 heavy (non-hydrogen) atoms. The largest absolute Gasteiger partial charge is 0.462 e. The Morgan fingerprint density at radius 3 is 2.00 bits per heavy atom.